The molecule has 40 heavy (non-hydrogen) atoms. The van der Waals surface area contributed by atoms with Crippen LogP contribution in [0.4, 0.5) is 0 Å². The van der Waals surface area contributed by atoms with Gasteiger partial charge >= 0.3 is 0 Å². The van der Waals surface area contributed by atoms with Gasteiger partial charge in [-0.2, -0.15) is 0 Å². The van der Waals surface area contributed by atoms with Gasteiger partial charge in [0, 0.05) is 38.3 Å². The molecule has 1 fully saturated rings. The van der Waals surface area contributed by atoms with Crippen LogP contribution in [0.5, 0.6) is 0 Å². The SMILES string of the molecule is CCC(=O)C[C@@H](Cc1nc2ccc(C(C)C)cc2s1)C(=O)N[C@H](CCC(=O)/C=C/CN(C)C)CC1CCCCC1. The Hall–Kier alpha value is -2.38. The van der Waals surface area contributed by atoms with Crippen molar-refractivity contribution < 1.29 is 14.4 Å². The number of nitrogens with one attached hydrogen (secondary N) is 1. The third-order valence-electron chi connectivity index (χ3n) is 7.99. The zero-order valence-electron chi connectivity index (χ0n) is 25.2. The molecule has 1 aromatic carbocycles. The topological polar surface area (TPSA) is 79.4 Å². The van der Waals surface area contributed by atoms with Gasteiger partial charge in [0.15, 0.2) is 5.78 Å². The number of carbonyl (C=O) groups excluding carboxylic acids is 3. The number of hydrogen-bond donors (Lipinski definition) is 1. The number of ketones is 2. The lowest BCUT2D eigenvalue weighted by molar-refractivity contribution is -0.130. The molecule has 6 nitrogen and oxygen atoms in total. The average Bonchev–Trinajstić information content (AvgIpc) is 3.33. The van der Waals surface area contributed by atoms with E-state index in [-0.39, 0.29) is 29.9 Å². The van der Waals surface area contributed by atoms with Crippen LogP contribution in [-0.2, 0) is 20.8 Å². The average molecular weight is 568 g/mol. The van der Waals surface area contributed by atoms with E-state index in [1.165, 1.54) is 37.7 Å². The van der Waals surface area contributed by atoms with E-state index in [0.29, 0.717) is 37.5 Å². The van der Waals surface area contributed by atoms with Gasteiger partial charge in [0.1, 0.15) is 5.78 Å². The standard InChI is InChI=1S/C33H49N3O3S/c1-6-28(37)20-26(22-32-35-30-17-14-25(23(2)3)21-31(30)40-32)33(39)34-27(19-24-11-8-7-9-12-24)15-16-29(38)13-10-18-36(4)5/h10,13-14,17,21,23-24,26-27H,6-9,11-12,15-16,18-20,22H2,1-5H3,(H,34,39)/b13-10+/t26-,27+/m0/s1. The Kier molecular flexibility index (Phi) is 13.0. The fourth-order valence-electron chi connectivity index (χ4n) is 5.51. The molecule has 220 valence electrons. The molecule has 1 heterocycles. The molecule has 1 aromatic heterocycles. The van der Waals surface area contributed by atoms with E-state index in [0.717, 1.165) is 28.2 Å². The molecular weight excluding hydrogens is 518 g/mol. The first kappa shape index (κ1) is 32.1. The monoisotopic (exact) mass is 567 g/mol. The van der Waals surface area contributed by atoms with Crippen LogP contribution in [0.15, 0.2) is 30.4 Å². The molecule has 0 unspecified atom stereocenters. The molecule has 0 radical (unpaired) electrons. The number of hydrogen-bond acceptors (Lipinski definition) is 6. The Morgan fingerprint density at radius 3 is 2.58 bits per heavy atom. The van der Waals surface area contributed by atoms with E-state index in [1.807, 2.05) is 32.0 Å². The number of rotatable bonds is 16. The molecule has 0 aliphatic heterocycles. The van der Waals surface area contributed by atoms with Crippen LogP contribution in [0.1, 0.15) is 101 Å². The van der Waals surface area contributed by atoms with Gasteiger partial charge in [0.25, 0.3) is 0 Å². The highest BCUT2D eigenvalue weighted by Crippen LogP contribution is 2.30. The van der Waals surface area contributed by atoms with Crippen LogP contribution >= 0.6 is 11.3 Å². The lowest BCUT2D eigenvalue weighted by Crippen LogP contribution is -2.41. The van der Waals surface area contributed by atoms with Crippen molar-refractivity contribution >= 4 is 39.0 Å². The van der Waals surface area contributed by atoms with E-state index in [4.69, 9.17) is 4.98 Å². The summed E-state index contributed by atoms with van der Waals surface area (Å²) in [4.78, 5) is 45.6. The van der Waals surface area contributed by atoms with Gasteiger partial charge in [-0.15, -0.1) is 11.3 Å². The molecule has 2 atom stereocenters. The summed E-state index contributed by atoms with van der Waals surface area (Å²) in [5.74, 6) is 0.661. The Morgan fingerprint density at radius 2 is 1.90 bits per heavy atom. The fourth-order valence-corrected chi connectivity index (χ4v) is 6.61. The van der Waals surface area contributed by atoms with Crippen LogP contribution in [0.3, 0.4) is 0 Å². The number of likely N-dealkylation sites (N-methyl/N-ethyl adjacent to an activating group) is 1. The molecule has 7 heteroatoms. The van der Waals surface area contributed by atoms with Crippen molar-refractivity contribution in [2.24, 2.45) is 11.8 Å². The van der Waals surface area contributed by atoms with Gasteiger partial charge in [-0.3, -0.25) is 14.4 Å². The minimum Gasteiger partial charge on any atom is -0.353 e. The maximum atomic E-state index is 13.7. The van der Waals surface area contributed by atoms with Crippen LogP contribution < -0.4 is 5.32 Å². The zero-order chi connectivity index (χ0) is 29.1. The number of Topliss-reactive ketones (excluding diaryl/α,β-unsaturated/α-hetero) is 1. The quantitative estimate of drug-likeness (QED) is 0.224. The van der Waals surface area contributed by atoms with Crippen LogP contribution in [0, 0.1) is 11.8 Å². The summed E-state index contributed by atoms with van der Waals surface area (Å²) < 4.78 is 1.12. The van der Waals surface area contributed by atoms with E-state index in [9.17, 15) is 14.4 Å². The van der Waals surface area contributed by atoms with E-state index in [2.05, 4.69) is 37.4 Å². The second-order valence-corrected chi connectivity index (χ2v) is 13.2. The first-order valence-electron chi connectivity index (χ1n) is 15.2. The Balaban J connectivity index is 1.73. The molecular formula is C33H49N3O3S. The minimum atomic E-state index is -0.456. The first-order chi connectivity index (χ1) is 19.1. The van der Waals surface area contributed by atoms with Crippen molar-refractivity contribution in [2.75, 3.05) is 20.6 Å². The van der Waals surface area contributed by atoms with Gasteiger partial charge in [0.2, 0.25) is 5.91 Å². The van der Waals surface area contributed by atoms with Crippen molar-refractivity contribution in [3.63, 3.8) is 0 Å². The lowest BCUT2D eigenvalue weighted by Gasteiger charge is -2.28. The Bertz CT molecular complexity index is 1150. The second-order valence-electron chi connectivity index (χ2n) is 12.1. The number of fused-ring (bicyclic) bond motifs is 1. The van der Waals surface area contributed by atoms with Crippen molar-refractivity contribution in [2.45, 2.75) is 103 Å². The molecule has 0 bridgehead atoms. The number of amides is 1. The smallest absolute Gasteiger partial charge is 0.224 e. The van der Waals surface area contributed by atoms with Gasteiger partial charge < -0.3 is 10.2 Å². The highest BCUT2D eigenvalue weighted by Gasteiger charge is 2.27. The largest absolute Gasteiger partial charge is 0.353 e. The van der Waals surface area contributed by atoms with Gasteiger partial charge in [0.05, 0.1) is 21.1 Å². The van der Waals surface area contributed by atoms with Crippen LogP contribution in [-0.4, -0.2) is 54.0 Å². The summed E-state index contributed by atoms with van der Waals surface area (Å²) in [7, 11) is 3.95. The van der Waals surface area contributed by atoms with E-state index >= 15 is 0 Å². The second kappa shape index (κ2) is 16.2. The number of aromatic nitrogens is 1. The predicted octanol–water partition coefficient (Wildman–Crippen LogP) is 6.87. The molecule has 1 amide bonds. The van der Waals surface area contributed by atoms with Crippen molar-refractivity contribution in [3.05, 3.63) is 40.9 Å². The minimum absolute atomic E-state index is 0.0648. The van der Waals surface area contributed by atoms with Crippen molar-refractivity contribution in [3.8, 4) is 0 Å². The molecule has 1 aliphatic rings. The number of nitrogens with zero attached hydrogens (tertiary/aromatic N) is 2. The predicted molar refractivity (Wildman–Crippen MR) is 166 cm³/mol. The summed E-state index contributed by atoms with van der Waals surface area (Å²) in [6.07, 6.45) is 12.7. The van der Waals surface area contributed by atoms with Crippen molar-refractivity contribution in [1.29, 1.82) is 0 Å². The fraction of sp³-hybridized carbons (Fsp3) is 0.636. The third kappa shape index (κ3) is 10.5. The third-order valence-corrected chi connectivity index (χ3v) is 9.03. The normalized spacial score (nSPS) is 16.2. The maximum Gasteiger partial charge on any atom is 0.224 e. The van der Waals surface area contributed by atoms with Crippen molar-refractivity contribution in [1.82, 2.24) is 15.2 Å². The molecule has 2 aromatic rings. The molecule has 0 spiro atoms. The summed E-state index contributed by atoms with van der Waals surface area (Å²) in [5, 5.41) is 4.20. The molecule has 1 N–H and O–H groups in total. The number of allylic oxidation sites excluding steroid dienone is 1. The van der Waals surface area contributed by atoms with Crippen LogP contribution in [0.2, 0.25) is 0 Å². The van der Waals surface area contributed by atoms with Gasteiger partial charge in [-0.1, -0.05) is 65.0 Å². The Morgan fingerprint density at radius 1 is 1.15 bits per heavy atom. The highest BCUT2D eigenvalue weighted by molar-refractivity contribution is 7.18. The number of thiazole rings is 1. The molecule has 0 saturated heterocycles. The maximum absolute atomic E-state index is 13.7. The molecule has 3 rings (SSSR count). The number of benzene rings is 1. The molecule has 1 saturated carbocycles. The summed E-state index contributed by atoms with van der Waals surface area (Å²) in [5.41, 5.74) is 2.22. The summed E-state index contributed by atoms with van der Waals surface area (Å²) in [6, 6.07) is 6.30. The lowest BCUT2D eigenvalue weighted by atomic mass is 9.83. The number of carbonyl (C=O) groups is 3. The Labute approximate surface area is 245 Å². The van der Waals surface area contributed by atoms with Gasteiger partial charge in [-0.25, -0.2) is 4.98 Å². The van der Waals surface area contributed by atoms with Gasteiger partial charge in [-0.05, 0) is 62.5 Å². The highest BCUT2D eigenvalue weighted by atomic mass is 32.1. The van der Waals surface area contributed by atoms with E-state index < -0.39 is 5.92 Å². The summed E-state index contributed by atoms with van der Waals surface area (Å²) in [6.45, 7) is 6.93. The molecule has 1 aliphatic carbocycles. The zero-order valence-corrected chi connectivity index (χ0v) is 26.0. The van der Waals surface area contributed by atoms with E-state index in [1.54, 1.807) is 17.4 Å². The first-order valence-corrected chi connectivity index (χ1v) is 16.0. The van der Waals surface area contributed by atoms with Crippen LogP contribution in [0.25, 0.3) is 10.2 Å². The summed E-state index contributed by atoms with van der Waals surface area (Å²) >= 11 is 1.62.